The third-order valence-corrected chi connectivity index (χ3v) is 2.53. The summed E-state index contributed by atoms with van der Waals surface area (Å²) in [5.41, 5.74) is 0.0899. The minimum atomic E-state index is -1.71. The maximum atomic E-state index is 11.2. The van der Waals surface area contributed by atoms with Gasteiger partial charge in [-0.05, 0) is 30.9 Å². The molecule has 2 nitrogen and oxygen atoms in total. The summed E-state index contributed by atoms with van der Waals surface area (Å²) >= 11 is 0. The Morgan fingerprint density at radius 2 is 2.25 bits per heavy atom. The highest BCUT2D eigenvalue weighted by molar-refractivity contribution is 7.39. The van der Waals surface area contributed by atoms with Crippen molar-refractivity contribution in [1.29, 1.82) is 0 Å². The molecule has 1 unspecified atom stereocenters. The predicted octanol–water partition coefficient (Wildman–Crippen LogP) is 2.73. The second-order valence-electron chi connectivity index (χ2n) is 3.19. The molecule has 0 aromatic carbocycles. The lowest BCUT2D eigenvalue weighted by Crippen LogP contribution is -2.17. The van der Waals surface area contributed by atoms with E-state index in [1.54, 1.807) is 20.8 Å². The standard InChI is InChI=1S/C9H14O2P/c1-6-9(4,5)11-12(10)7-8(2)3/h1H,2,7H2,3-5H3/q+1. The molecular weight excluding hydrogens is 171 g/mol. The molecule has 0 radical (unpaired) electrons. The predicted molar refractivity (Wildman–Crippen MR) is 51.3 cm³/mol. The van der Waals surface area contributed by atoms with E-state index in [-0.39, 0.29) is 0 Å². The molecule has 3 heteroatoms. The number of allylic oxidation sites excluding steroid dienone is 1. The molecule has 0 aliphatic rings. The molecule has 0 N–H and O–H groups in total. The van der Waals surface area contributed by atoms with Gasteiger partial charge in [-0.1, -0.05) is 12.5 Å². The molecule has 0 aliphatic heterocycles. The van der Waals surface area contributed by atoms with Gasteiger partial charge in [0, 0.05) is 0 Å². The van der Waals surface area contributed by atoms with E-state index in [1.807, 2.05) is 0 Å². The van der Waals surface area contributed by atoms with E-state index < -0.39 is 13.6 Å². The van der Waals surface area contributed by atoms with Crippen LogP contribution in [0.15, 0.2) is 12.2 Å². The average molecular weight is 185 g/mol. The quantitative estimate of drug-likeness (QED) is 0.382. The van der Waals surface area contributed by atoms with Gasteiger partial charge in [-0.2, -0.15) is 0 Å². The van der Waals surface area contributed by atoms with Crippen molar-refractivity contribution < 1.29 is 9.09 Å². The molecule has 0 saturated heterocycles. The van der Waals surface area contributed by atoms with Gasteiger partial charge in [-0.15, -0.1) is 10.9 Å². The van der Waals surface area contributed by atoms with Crippen molar-refractivity contribution in [2.45, 2.75) is 26.4 Å². The Kier molecular flexibility index (Phi) is 4.17. The first-order chi connectivity index (χ1) is 5.37. The number of hydrogen-bond acceptors (Lipinski definition) is 2. The van der Waals surface area contributed by atoms with Crippen LogP contribution in [0.4, 0.5) is 0 Å². The van der Waals surface area contributed by atoms with E-state index in [4.69, 9.17) is 10.9 Å². The molecule has 12 heavy (non-hydrogen) atoms. The van der Waals surface area contributed by atoms with Crippen LogP contribution < -0.4 is 0 Å². The Labute approximate surface area is 74.9 Å². The molecule has 0 bridgehead atoms. The fourth-order valence-corrected chi connectivity index (χ4v) is 1.60. The molecule has 1 atom stereocenters. The van der Waals surface area contributed by atoms with Gasteiger partial charge >= 0.3 is 8.03 Å². The van der Waals surface area contributed by atoms with Gasteiger partial charge in [0.2, 0.25) is 0 Å². The highest BCUT2D eigenvalue weighted by atomic mass is 31.1. The topological polar surface area (TPSA) is 26.3 Å². The first-order valence-electron chi connectivity index (χ1n) is 3.63. The monoisotopic (exact) mass is 185 g/mol. The Morgan fingerprint density at radius 3 is 2.58 bits per heavy atom. The lowest BCUT2D eigenvalue weighted by Gasteiger charge is -2.07. The molecule has 0 aliphatic carbocycles. The van der Waals surface area contributed by atoms with Gasteiger partial charge in [-0.25, -0.2) is 0 Å². The Hall–Kier alpha value is -0.640. The summed E-state index contributed by atoms with van der Waals surface area (Å²) in [6.07, 6.45) is 5.53. The van der Waals surface area contributed by atoms with Crippen molar-refractivity contribution in [2.24, 2.45) is 0 Å². The lowest BCUT2D eigenvalue weighted by atomic mass is 10.2. The smallest absolute Gasteiger partial charge is 0.127 e. The van der Waals surface area contributed by atoms with Crippen LogP contribution in [0, 0.1) is 12.3 Å². The van der Waals surface area contributed by atoms with E-state index >= 15 is 0 Å². The highest BCUT2D eigenvalue weighted by Gasteiger charge is 2.29. The second kappa shape index (κ2) is 4.40. The molecule has 0 heterocycles. The van der Waals surface area contributed by atoms with E-state index in [9.17, 15) is 4.57 Å². The number of hydrogen-bond donors (Lipinski definition) is 0. The SMILES string of the molecule is C#CC(C)(C)O[P+](=O)CC(=C)C. The van der Waals surface area contributed by atoms with Crippen LogP contribution in [0.25, 0.3) is 0 Å². The first-order valence-corrected chi connectivity index (χ1v) is 4.99. The van der Waals surface area contributed by atoms with E-state index in [1.165, 1.54) is 0 Å². The molecule has 66 valence electrons. The average Bonchev–Trinajstić information content (AvgIpc) is 1.84. The van der Waals surface area contributed by atoms with Crippen molar-refractivity contribution in [3.05, 3.63) is 12.2 Å². The molecule has 0 amide bonds. The van der Waals surface area contributed by atoms with Gasteiger partial charge in [0.25, 0.3) is 0 Å². The summed E-state index contributed by atoms with van der Waals surface area (Å²) < 4.78 is 16.3. The minimum Gasteiger partial charge on any atom is -0.127 e. The molecule has 0 spiro atoms. The van der Waals surface area contributed by atoms with Crippen LogP contribution in [-0.4, -0.2) is 11.8 Å². The fraction of sp³-hybridized carbons (Fsp3) is 0.556. The van der Waals surface area contributed by atoms with Crippen LogP contribution in [0.1, 0.15) is 20.8 Å². The van der Waals surface area contributed by atoms with Crippen molar-refractivity contribution >= 4 is 8.03 Å². The largest absolute Gasteiger partial charge is 0.514 e. The molecule has 0 aromatic heterocycles. The second-order valence-corrected chi connectivity index (χ2v) is 4.36. The van der Waals surface area contributed by atoms with Crippen molar-refractivity contribution in [3.8, 4) is 12.3 Å². The van der Waals surface area contributed by atoms with Crippen LogP contribution in [0.2, 0.25) is 0 Å². The summed E-state index contributed by atoms with van der Waals surface area (Å²) in [5.74, 6) is 2.41. The van der Waals surface area contributed by atoms with Gasteiger partial charge in [0.15, 0.2) is 11.8 Å². The van der Waals surface area contributed by atoms with Crippen molar-refractivity contribution in [3.63, 3.8) is 0 Å². The van der Waals surface area contributed by atoms with E-state index in [0.29, 0.717) is 6.16 Å². The Balaban J connectivity index is 4.03. The highest BCUT2D eigenvalue weighted by Crippen LogP contribution is 2.31. The van der Waals surface area contributed by atoms with Crippen molar-refractivity contribution in [1.82, 2.24) is 0 Å². The zero-order valence-electron chi connectivity index (χ0n) is 7.76. The Morgan fingerprint density at radius 1 is 1.75 bits per heavy atom. The summed E-state index contributed by atoms with van der Waals surface area (Å²) in [7, 11) is -1.71. The summed E-state index contributed by atoms with van der Waals surface area (Å²) in [4.78, 5) is 0. The summed E-state index contributed by atoms with van der Waals surface area (Å²) in [6, 6.07) is 0. The third-order valence-electron chi connectivity index (χ3n) is 1.08. The van der Waals surface area contributed by atoms with E-state index in [2.05, 4.69) is 12.5 Å². The third kappa shape index (κ3) is 5.07. The maximum Gasteiger partial charge on any atom is 0.514 e. The molecule has 0 aromatic rings. The van der Waals surface area contributed by atoms with Crippen LogP contribution in [0.5, 0.6) is 0 Å². The number of rotatable bonds is 4. The normalized spacial score (nSPS) is 12.0. The molecule has 0 rings (SSSR count). The fourth-order valence-electron chi connectivity index (χ4n) is 0.534. The Bertz CT molecular complexity index is 235. The zero-order valence-corrected chi connectivity index (χ0v) is 8.65. The van der Waals surface area contributed by atoms with Gasteiger partial charge < -0.3 is 0 Å². The zero-order chi connectivity index (χ0) is 9.78. The molecular formula is C9H14O2P+. The summed E-state index contributed by atoms with van der Waals surface area (Å²) in [6.45, 7) is 8.85. The minimum absolute atomic E-state index is 0.375. The van der Waals surface area contributed by atoms with E-state index in [0.717, 1.165) is 5.57 Å². The van der Waals surface area contributed by atoms with Gasteiger partial charge in [0.05, 0.1) is 0 Å². The van der Waals surface area contributed by atoms with Gasteiger partial charge in [0.1, 0.15) is 0 Å². The van der Waals surface area contributed by atoms with Crippen LogP contribution in [0.3, 0.4) is 0 Å². The van der Waals surface area contributed by atoms with Crippen LogP contribution in [-0.2, 0) is 9.09 Å². The number of terminal acetylenes is 1. The molecule has 0 fully saturated rings. The first kappa shape index (κ1) is 11.4. The van der Waals surface area contributed by atoms with Crippen molar-refractivity contribution in [2.75, 3.05) is 6.16 Å². The van der Waals surface area contributed by atoms with Crippen LogP contribution >= 0.6 is 8.03 Å². The maximum absolute atomic E-state index is 11.2. The lowest BCUT2D eigenvalue weighted by molar-refractivity contribution is 0.186. The molecule has 0 saturated carbocycles. The van der Waals surface area contributed by atoms with Gasteiger partial charge in [-0.3, -0.25) is 0 Å². The summed E-state index contributed by atoms with van der Waals surface area (Å²) in [5, 5.41) is 0.